The van der Waals surface area contributed by atoms with Crippen molar-refractivity contribution in [1.82, 2.24) is 4.98 Å². The van der Waals surface area contributed by atoms with E-state index in [1.807, 2.05) is 12.4 Å². The third-order valence-electron chi connectivity index (χ3n) is 11.0. The molecule has 0 unspecified atom stereocenters. The largest absolute Gasteiger partial charge is 0.263 e. The lowest BCUT2D eigenvalue weighted by Crippen LogP contribution is -2.11. The lowest BCUT2D eigenvalue weighted by Gasteiger charge is -2.17. The van der Waals surface area contributed by atoms with Crippen molar-refractivity contribution in [2.45, 2.75) is 19.8 Å². The zero-order chi connectivity index (χ0) is 36.7. The van der Waals surface area contributed by atoms with Gasteiger partial charge in [-0.25, -0.2) is 9.98 Å². The number of hydrogen-bond donors (Lipinski definition) is 0. The first-order valence-electron chi connectivity index (χ1n) is 19.0. The van der Waals surface area contributed by atoms with E-state index < -0.39 is 0 Å². The number of fused-ring (bicyclic) bond motifs is 6. The van der Waals surface area contributed by atoms with Crippen molar-refractivity contribution in [3.8, 4) is 22.3 Å². The molecule has 260 valence electrons. The van der Waals surface area contributed by atoms with Gasteiger partial charge in [-0.15, -0.1) is 0 Å². The SMILES string of the molecule is C\C1=C(c2ccc(-c3ccccc3)cc2)/N=C(c2cccc(-c3cncc4ccc5ccc6ccccc6c5c34)c2)\N=C(\c2ccc3ccccc3c2)CC1. The minimum absolute atomic E-state index is 0.703. The van der Waals surface area contributed by atoms with Gasteiger partial charge in [0.15, 0.2) is 5.84 Å². The van der Waals surface area contributed by atoms with Gasteiger partial charge in [0.25, 0.3) is 0 Å². The van der Waals surface area contributed by atoms with E-state index >= 15 is 0 Å². The molecule has 0 bridgehead atoms. The fourth-order valence-electron chi connectivity index (χ4n) is 8.12. The molecule has 3 heteroatoms. The van der Waals surface area contributed by atoms with Gasteiger partial charge in [0.05, 0.1) is 11.4 Å². The van der Waals surface area contributed by atoms with E-state index in [4.69, 9.17) is 15.0 Å². The molecule has 1 aromatic heterocycles. The van der Waals surface area contributed by atoms with Gasteiger partial charge in [0.2, 0.25) is 0 Å². The summed E-state index contributed by atoms with van der Waals surface area (Å²) < 4.78 is 0. The van der Waals surface area contributed by atoms with Crippen molar-refractivity contribution in [3.05, 3.63) is 205 Å². The average Bonchev–Trinajstić information content (AvgIpc) is 3.25. The Morgan fingerprint density at radius 3 is 1.89 bits per heavy atom. The Labute approximate surface area is 320 Å². The Morgan fingerprint density at radius 2 is 1.04 bits per heavy atom. The van der Waals surface area contributed by atoms with E-state index in [2.05, 4.69) is 177 Å². The molecule has 8 aromatic carbocycles. The molecule has 0 amide bonds. The van der Waals surface area contributed by atoms with Gasteiger partial charge >= 0.3 is 0 Å². The van der Waals surface area contributed by atoms with Gasteiger partial charge in [-0.1, -0.05) is 158 Å². The maximum absolute atomic E-state index is 5.48. The first kappa shape index (κ1) is 32.7. The quantitative estimate of drug-likeness (QED) is 0.164. The Morgan fingerprint density at radius 1 is 0.400 bits per heavy atom. The summed E-state index contributed by atoms with van der Waals surface area (Å²) in [5.41, 5.74) is 11.0. The summed E-state index contributed by atoms with van der Waals surface area (Å²) in [6.45, 7) is 2.22. The topological polar surface area (TPSA) is 37.6 Å². The molecule has 0 saturated carbocycles. The molecule has 0 atom stereocenters. The molecule has 9 aromatic rings. The lowest BCUT2D eigenvalue weighted by atomic mass is 9.92. The fourth-order valence-corrected chi connectivity index (χ4v) is 8.12. The molecule has 0 aliphatic carbocycles. The van der Waals surface area contributed by atoms with Crippen LogP contribution in [-0.2, 0) is 0 Å². The summed E-state index contributed by atoms with van der Waals surface area (Å²) in [5.74, 6) is 0.703. The number of pyridine rings is 1. The molecule has 2 heterocycles. The standard InChI is InChI=1S/C52H37N3/c1-34-18-29-48(43-27-21-36-12-5-6-14-41(36)30-43)54-52(55-51(34)40-25-19-37(20-26-40)35-10-3-2-4-11-35)44-16-9-15-42(31-44)47-33-53-32-45-28-24-39-23-22-38-13-7-8-17-46(38)49(39)50(45)47/h2-17,19-28,30-33H,18,29H2,1H3/b51-34+,54-48+,55-52-. The van der Waals surface area contributed by atoms with Crippen LogP contribution < -0.4 is 0 Å². The molecule has 55 heavy (non-hydrogen) atoms. The number of benzene rings is 8. The minimum Gasteiger partial charge on any atom is -0.263 e. The minimum atomic E-state index is 0.703. The second-order valence-corrected chi connectivity index (χ2v) is 14.4. The number of nitrogens with zero attached hydrogens (tertiary/aromatic N) is 3. The molecule has 0 fully saturated rings. The van der Waals surface area contributed by atoms with Crippen LogP contribution >= 0.6 is 0 Å². The summed E-state index contributed by atoms with van der Waals surface area (Å²) in [6, 6.07) is 60.7. The van der Waals surface area contributed by atoms with Gasteiger partial charge in [-0.3, -0.25) is 4.98 Å². The number of aliphatic imine (C=N–C) groups is 2. The van der Waals surface area contributed by atoms with E-state index in [0.717, 1.165) is 57.5 Å². The number of hydrogen-bond acceptors (Lipinski definition) is 3. The predicted molar refractivity (Wildman–Crippen MR) is 233 cm³/mol. The third-order valence-corrected chi connectivity index (χ3v) is 11.0. The zero-order valence-corrected chi connectivity index (χ0v) is 30.6. The highest BCUT2D eigenvalue weighted by Crippen LogP contribution is 2.38. The predicted octanol–water partition coefficient (Wildman–Crippen LogP) is 13.5. The third kappa shape index (κ3) is 6.10. The summed E-state index contributed by atoms with van der Waals surface area (Å²) in [5, 5.41) is 9.69. The monoisotopic (exact) mass is 703 g/mol. The van der Waals surface area contributed by atoms with Crippen LogP contribution in [0.2, 0.25) is 0 Å². The number of rotatable bonds is 5. The van der Waals surface area contributed by atoms with E-state index in [1.165, 1.54) is 54.4 Å². The van der Waals surface area contributed by atoms with E-state index in [9.17, 15) is 0 Å². The first-order chi connectivity index (χ1) is 27.2. The molecular weight excluding hydrogens is 667 g/mol. The highest BCUT2D eigenvalue weighted by molar-refractivity contribution is 6.24. The normalized spacial score (nSPS) is 16.7. The first-order valence-corrected chi connectivity index (χ1v) is 19.0. The molecule has 10 rings (SSSR count). The maximum atomic E-state index is 5.48. The molecule has 0 radical (unpaired) electrons. The summed E-state index contributed by atoms with van der Waals surface area (Å²) in [6.07, 6.45) is 5.66. The average molecular weight is 704 g/mol. The smallest absolute Gasteiger partial charge is 0.160 e. The van der Waals surface area contributed by atoms with Crippen molar-refractivity contribution in [2.24, 2.45) is 9.98 Å². The summed E-state index contributed by atoms with van der Waals surface area (Å²) >= 11 is 0. The van der Waals surface area contributed by atoms with Crippen molar-refractivity contribution >= 4 is 60.3 Å². The van der Waals surface area contributed by atoms with Crippen LogP contribution in [-0.4, -0.2) is 16.5 Å². The lowest BCUT2D eigenvalue weighted by molar-refractivity contribution is 1.00. The second kappa shape index (κ2) is 13.8. The molecule has 0 N–H and O–H groups in total. The van der Waals surface area contributed by atoms with Crippen molar-refractivity contribution < 1.29 is 0 Å². The fraction of sp³-hybridized carbons (Fsp3) is 0.0577. The molecule has 0 saturated heterocycles. The number of amidine groups is 1. The molecular formula is C52H37N3. The van der Waals surface area contributed by atoms with Crippen LogP contribution in [0.5, 0.6) is 0 Å². The molecule has 3 nitrogen and oxygen atoms in total. The highest BCUT2D eigenvalue weighted by atomic mass is 14.9. The summed E-state index contributed by atoms with van der Waals surface area (Å²) in [7, 11) is 0. The van der Waals surface area contributed by atoms with Gasteiger partial charge in [-0.05, 0) is 92.0 Å². The Kier molecular flexibility index (Phi) is 8.18. The van der Waals surface area contributed by atoms with Crippen molar-refractivity contribution in [2.75, 3.05) is 0 Å². The van der Waals surface area contributed by atoms with Crippen LogP contribution in [0.4, 0.5) is 0 Å². The van der Waals surface area contributed by atoms with Crippen LogP contribution in [0, 0.1) is 0 Å². The van der Waals surface area contributed by atoms with Crippen LogP contribution in [0.1, 0.15) is 36.5 Å². The van der Waals surface area contributed by atoms with E-state index in [-0.39, 0.29) is 0 Å². The van der Waals surface area contributed by atoms with Gasteiger partial charge in [0.1, 0.15) is 0 Å². The molecule has 1 aliphatic rings. The Bertz CT molecular complexity index is 3020. The molecule has 1 aliphatic heterocycles. The zero-order valence-electron chi connectivity index (χ0n) is 30.6. The Hall–Kier alpha value is -6.97. The Balaban J connectivity index is 1.15. The van der Waals surface area contributed by atoms with Gasteiger partial charge < -0.3 is 0 Å². The highest BCUT2D eigenvalue weighted by Gasteiger charge is 2.18. The van der Waals surface area contributed by atoms with Crippen molar-refractivity contribution in [3.63, 3.8) is 0 Å². The van der Waals surface area contributed by atoms with Crippen LogP contribution in [0.3, 0.4) is 0 Å². The maximum Gasteiger partial charge on any atom is 0.160 e. The van der Waals surface area contributed by atoms with Gasteiger partial charge in [-0.2, -0.15) is 0 Å². The summed E-state index contributed by atoms with van der Waals surface area (Å²) in [4.78, 5) is 15.7. The van der Waals surface area contributed by atoms with E-state index in [1.54, 1.807) is 0 Å². The van der Waals surface area contributed by atoms with E-state index in [0.29, 0.717) is 5.84 Å². The van der Waals surface area contributed by atoms with Crippen LogP contribution in [0.25, 0.3) is 71.0 Å². The van der Waals surface area contributed by atoms with Crippen LogP contribution in [0.15, 0.2) is 198 Å². The molecule has 0 spiro atoms. The number of aromatic nitrogens is 1. The second-order valence-electron chi connectivity index (χ2n) is 14.4. The number of allylic oxidation sites excluding steroid dienone is 1. The van der Waals surface area contributed by atoms with Gasteiger partial charge in [0, 0.05) is 39.9 Å². The van der Waals surface area contributed by atoms with Crippen molar-refractivity contribution in [1.29, 1.82) is 0 Å².